The summed E-state index contributed by atoms with van der Waals surface area (Å²) in [4.78, 5) is 35.4. The summed E-state index contributed by atoms with van der Waals surface area (Å²) in [6.45, 7) is -0.287. The standard InChI is InChI=1S/C10H13N3O6/c14-3-5-1-7(16)9(19-5)13-2-6(11-4-15)8(17)12-10(13)18/h2,4-5,7,9,14,16H,1,3H2,(H,11,15)(H,12,17,18)/t5-,7-,9+/m0/s1. The maximum atomic E-state index is 11.7. The maximum absolute atomic E-state index is 11.7. The second-order valence-electron chi connectivity index (χ2n) is 4.11. The van der Waals surface area contributed by atoms with E-state index in [2.05, 4.69) is 5.32 Å². The van der Waals surface area contributed by atoms with E-state index in [4.69, 9.17) is 9.84 Å². The van der Waals surface area contributed by atoms with Gasteiger partial charge in [0.25, 0.3) is 5.56 Å². The molecule has 1 aliphatic heterocycles. The highest BCUT2D eigenvalue weighted by Crippen LogP contribution is 2.27. The van der Waals surface area contributed by atoms with Gasteiger partial charge in [0.05, 0.1) is 12.7 Å². The zero-order valence-corrected chi connectivity index (χ0v) is 9.78. The van der Waals surface area contributed by atoms with Crippen LogP contribution in [0.1, 0.15) is 12.6 Å². The van der Waals surface area contributed by atoms with E-state index in [-0.39, 0.29) is 18.7 Å². The summed E-state index contributed by atoms with van der Waals surface area (Å²) >= 11 is 0. The van der Waals surface area contributed by atoms with Gasteiger partial charge in [-0.1, -0.05) is 0 Å². The van der Waals surface area contributed by atoms with Gasteiger partial charge in [-0.3, -0.25) is 19.1 Å². The summed E-state index contributed by atoms with van der Waals surface area (Å²) in [7, 11) is 0. The van der Waals surface area contributed by atoms with E-state index in [1.165, 1.54) is 0 Å². The van der Waals surface area contributed by atoms with E-state index in [0.29, 0.717) is 6.41 Å². The Balaban J connectivity index is 2.39. The van der Waals surface area contributed by atoms with Crippen LogP contribution >= 0.6 is 0 Å². The average Bonchev–Trinajstić information content (AvgIpc) is 2.74. The number of aromatic nitrogens is 2. The van der Waals surface area contributed by atoms with Crippen molar-refractivity contribution in [1.82, 2.24) is 9.55 Å². The van der Waals surface area contributed by atoms with Crippen LogP contribution < -0.4 is 16.6 Å². The molecular formula is C10H13N3O6. The van der Waals surface area contributed by atoms with Crippen LogP contribution in [-0.4, -0.2) is 45.0 Å². The van der Waals surface area contributed by atoms with Gasteiger partial charge >= 0.3 is 5.69 Å². The molecule has 4 N–H and O–H groups in total. The molecule has 0 aliphatic carbocycles. The summed E-state index contributed by atoms with van der Waals surface area (Å²) < 4.78 is 6.25. The van der Waals surface area contributed by atoms with Crippen molar-refractivity contribution in [3.63, 3.8) is 0 Å². The lowest BCUT2D eigenvalue weighted by Gasteiger charge is -2.17. The molecule has 9 heteroatoms. The Labute approximate surface area is 106 Å². The molecule has 0 aromatic carbocycles. The predicted octanol–water partition coefficient (Wildman–Crippen LogP) is -2.25. The third-order valence-corrected chi connectivity index (χ3v) is 2.83. The highest BCUT2D eigenvalue weighted by molar-refractivity contribution is 5.69. The fourth-order valence-electron chi connectivity index (χ4n) is 1.94. The Bertz CT molecular complexity index is 579. The number of H-pyrrole nitrogens is 1. The van der Waals surface area contributed by atoms with Gasteiger partial charge in [0.1, 0.15) is 11.8 Å². The summed E-state index contributed by atoms with van der Waals surface area (Å²) in [6.07, 6.45) is -1.05. The number of amides is 1. The van der Waals surface area contributed by atoms with Crippen molar-refractivity contribution in [2.24, 2.45) is 0 Å². The second kappa shape index (κ2) is 5.34. The minimum absolute atomic E-state index is 0.141. The molecule has 2 heterocycles. The molecule has 0 spiro atoms. The number of carbonyl (C=O) groups is 1. The molecule has 9 nitrogen and oxygen atoms in total. The summed E-state index contributed by atoms with van der Waals surface area (Å²) in [5.74, 6) is 0. The quantitative estimate of drug-likeness (QED) is 0.457. The number of carbonyl (C=O) groups excluding carboxylic acids is 1. The number of ether oxygens (including phenoxy) is 1. The van der Waals surface area contributed by atoms with E-state index >= 15 is 0 Å². The van der Waals surface area contributed by atoms with Crippen molar-refractivity contribution in [1.29, 1.82) is 0 Å². The molecule has 2 rings (SSSR count). The van der Waals surface area contributed by atoms with Crippen molar-refractivity contribution in [3.05, 3.63) is 27.0 Å². The van der Waals surface area contributed by atoms with E-state index in [1.807, 2.05) is 4.98 Å². The largest absolute Gasteiger partial charge is 0.394 e. The number of hydrogen-bond donors (Lipinski definition) is 4. The van der Waals surface area contributed by atoms with Gasteiger partial charge in [0, 0.05) is 12.6 Å². The third-order valence-electron chi connectivity index (χ3n) is 2.83. The number of nitrogens with one attached hydrogen (secondary N) is 2. The molecule has 0 bridgehead atoms. The highest BCUT2D eigenvalue weighted by Gasteiger charge is 2.35. The Morgan fingerprint density at radius 3 is 2.89 bits per heavy atom. The normalized spacial score (nSPS) is 26.3. The molecule has 19 heavy (non-hydrogen) atoms. The lowest BCUT2D eigenvalue weighted by atomic mass is 10.2. The number of hydrogen-bond acceptors (Lipinski definition) is 6. The van der Waals surface area contributed by atoms with Crippen LogP contribution in [0.3, 0.4) is 0 Å². The number of aromatic amines is 1. The van der Waals surface area contributed by atoms with Gasteiger partial charge in [-0.25, -0.2) is 4.79 Å². The number of anilines is 1. The maximum Gasteiger partial charge on any atom is 0.330 e. The monoisotopic (exact) mass is 271 g/mol. The SMILES string of the molecule is O=CNc1cn([C@@H]2O[C@H](CO)C[C@@H]2O)c(=O)[nH]c1=O. The number of aliphatic hydroxyl groups excluding tert-OH is 2. The first-order valence-electron chi connectivity index (χ1n) is 5.57. The van der Waals surface area contributed by atoms with Gasteiger partial charge in [-0.15, -0.1) is 0 Å². The molecular weight excluding hydrogens is 258 g/mol. The first kappa shape index (κ1) is 13.5. The number of aliphatic hydroxyl groups is 2. The minimum Gasteiger partial charge on any atom is -0.394 e. The van der Waals surface area contributed by atoms with Gasteiger partial charge in [-0.2, -0.15) is 0 Å². The van der Waals surface area contributed by atoms with Crippen LogP contribution in [0.15, 0.2) is 15.8 Å². The van der Waals surface area contributed by atoms with Crippen LogP contribution in [0.25, 0.3) is 0 Å². The fourth-order valence-corrected chi connectivity index (χ4v) is 1.94. The first-order chi connectivity index (χ1) is 9.06. The van der Waals surface area contributed by atoms with Gasteiger partial charge in [0.15, 0.2) is 6.23 Å². The van der Waals surface area contributed by atoms with Crippen LogP contribution in [0, 0.1) is 0 Å². The van der Waals surface area contributed by atoms with Crippen molar-refractivity contribution in [2.75, 3.05) is 11.9 Å². The Morgan fingerprint density at radius 2 is 2.32 bits per heavy atom. The minimum atomic E-state index is -1.02. The van der Waals surface area contributed by atoms with Crippen LogP contribution in [0.5, 0.6) is 0 Å². The first-order valence-corrected chi connectivity index (χ1v) is 5.57. The molecule has 0 radical (unpaired) electrons. The molecule has 1 amide bonds. The zero-order chi connectivity index (χ0) is 14.0. The zero-order valence-electron chi connectivity index (χ0n) is 9.78. The third kappa shape index (κ3) is 2.57. The molecule has 3 atom stereocenters. The number of rotatable bonds is 4. The molecule has 0 unspecified atom stereocenters. The Kier molecular flexibility index (Phi) is 3.79. The predicted molar refractivity (Wildman–Crippen MR) is 62.6 cm³/mol. The van der Waals surface area contributed by atoms with E-state index < -0.39 is 29.7 Å². The van der Waals surface area contributed by atoms with Crippen LogP contribution in [-0.2, 0) is 9.53 Å². The smallest absolute Gasteiger partial charge is 0.330 e. The van der Waals surface area contributed by atoms with E-state index in [9.17, 15) is 19.5 Å². The van der Waals surface area contributed by atoms with Gasteiger partial charge < -0.3 is 20.3 Å². The van der Waals surface area contributed by atoms with Gasteiger partial charge in [-0.05, 0) is 0 Å². The molecule has 104 valence electrons. The summed E-state index contributed by atoms with van der Waals surface area (Å²) in [5.41, 5.74) is -1.67. The highest BCUT2D eigenvalue weighted by atomic mass is 16.5. The molecule has 1 aromatic heterocycles. The van der Waals surface area contributed by atoms with E-state index in [1.54, 1.807) is 0 Å². The topological polar surface area (TPSA) is 134 Å². The van der Waals surface area contributed by atoms with Crippen LogP contribution in [0.2, 0.25) is 0 Å². The van der Waals surface area contributed by atoms with Crippen LogP contribution in [0.4, 0.5) is 5.69 Å². The molecule has 0 saturated carbocycles. The average molecular weight is 271 g/mol. The molecule has 1 fully saturated rings. The molecule has 1 saturated heterocycles. The lowest BCUT2D eigenvalue weighted by Crippen LogP contribution is -2.36. The van der Waals surface area contributed by atoms with Crippen molar-refractivity contribution in [2.45, 2.75) is 24.9 Å². The summed E-state index contributed by atoms with van der Waals surface area (Å²) in [5, 5.41) is 20.9. The molecule has 1 aromatic rings. The lowest BCUT2D eigenvalue weighted by molar-refractivity contribution is -0.105. The summed E-state index contributed by atoms with van der Waals surface area (Å²) in [6, 6.07) is 0. The van der Waals surface area contributed by atoms with E-state index in [0.717, 1.165) is 10.8 Å². The second-order valence-corrected chi connectivity index (χ2v) is 4.11. The van der Waals surface area contributed by atoms with Crippen molar-refractivity contribution in [3.8, 4) is 0 Å². The van der Waals surface area contributed by atoms with Gasteiger partial charge in [0.2, 0.25) is 6.41 Å². The number of nitrogens with zero attached hydrogens (tertiary/aromatic N) is 1. The fraction of sp³-hybridized carbons (Fsp3) is 0.500. The van der Waals surface area contributed by atoms with Crippen molar-refractivity contribution < 1.29 is 19.7 Å². The Morgan fingerprint density at radius 1 is 1.58 bits per heavy atom. The van der Waals surface area contributed by atoms with Crippen molar-refractivity contribution >= 4 is 12.1 Å². The Hall–Kier alpha value is -1.97. The molecule has 1 aliphatic rings.